The first-order chi connectivity index (χ1) is 14.6. The smallest absolute Gasteiger partial charge is 0.159 e. The van der Waals surface area contributed by atoms with E-state index in [-0.39, 0.29) is 11.6 Å². The van der Waals surface area contributed by atoms with Gasteiger partial charge in [-0.05, 0) is 42.7 Å². The van der Waals surface area contributed by atoms with E-state index in [2.05, 4.69) is 23.8 Å². The number of ketones is 2. The Labute approximate surface area is 180 Å². The molecule has 0 amide bonds. The maximum atomic E-state index is 12.6. The summed E-state index contributed by atoms with van der Waals surface area (Å²) in [5, 5.41) is 0. The Hall–Kier alpha value is -2.36. The van der Waals surface area contributed by atoms with Crippen LogP contribution in [0.5, 0.6) is 0 Å². The summed E-state index contributed by atoms with van der Waals surface area (Å²) in [5.41, 5.74) is 3.08. The molecule has 1 heterocycles. The molecule has 3 rings (SSSR count). The van der Waals surface area contributed by atoms with Gasteiger partial charge in [0.2, 0.25) is 0 Å². The lowest BCUT2D eigenvalue weighted by molar-refractivity contribution is -0.134. The van der Waals surface area contributed by atoms with Crippen LogP contribution in [-0.4, -0.2) is 21.5 Å². The van der Waals surface area contributed by atoms with Crippen LogP contribution >= 0.6 is 0 Å². The highest BCUT2D eigenvalue weighted by atomic mass is 16.1. The fraction of sp³-hybridized carbons (Fsp3) is 0.538. The van der Waals surface area contributed by atoms with E-state index in [1.165, 1.54) is 37.7 Å². The van der Waals surface area contributed by atoms with E-state index in [0.717, 1.165) is 24.0 Å². The van der Waals surface area contributed by atoms with E-state index < -0.39 is 5.92 Å². The Balaban J connectivity index is 1.52. The Kier molecular flexibility index (Phi) is 8.30. The molecule has 1 aliphatic carbocycles. The van der Waals surface area contributed by atoms with E-state index >= 15 is 0 Å². The zero-order valence-electron chi connectivity index (χ0n) is 18.4. The fourth-order valence-electron chi connectivity index (χ4n) is 4.20. The highest BCUT2D eigenvalue weighted by Gasteiger charge is 2.31. The molecular formula is C26H34N2O2. The van der Waals surface area contributed by atoms with Crippen molar-refractivity contribution in [3.05, 3.63) is 47.8 Å². The Bertz CT molecular complexity index is 827. The van der Waals surface area contributed by atoms with Gasteiger partial charge in [0.25, 0.3) is 0 Å². The van der Waals surface area contributed by atoms with E-state index in [9.17, 15) is 9.59 Å². The van der Waals surface area contributed by atoms with E-state index in [4.69, 9.17) is 0 Å². The summed E-state index contributed by atoms with van der Waals surface area (Å²) in [6, 6.07) is 7.84. The molecule has 1 aliphatic rings. The molecule has 0 N–H and O–H groups in total. The summed E-state index contributed by atoms with van der Waals surface area (Å²) in [5.74, 6) is 0.888. The third-order valence-corrected chi connectivity index (χ3v) is 6.14. The Morgan fingerprint density at radius 2 is 1.67 bits per heavy atom. The molecule has 1 fully saturated rings. The molecule has 2 atom stereocenters. The van der Waals surface area contributed by atoms with Crippen LogP contribution in [0.3, 0.4) is 0 Å². The fourth-order valence-corrected chi connectivity index (χ4v) is 4.20. The second kappa shape index (κ2) is 11.1. The summed E-state index contributed by atoms with van der Waals surface area (Å²) in [6.07, 6.45) is 13.8. The molecule has 0 saturated heterocycles. The van der Waals surface area contributed by atoms with Gasteiger partial charge in [0.05, 0.1) is 5.92 Å². The van der Waals surface area contributed by atoms with Crippen molar-refractivity contribution in [3.63, 3.8) is 0 Å². The number of aryl methyl sites for hydroxylation is 1. The zero-order valence-corrected chi connectivity index (χ0v) is 18.4. The van der Waals surface area contributed by atoms with Gasteiger partial charge in [-0.2, -0.15) is 0 Å². The van der Waals surface area contributed by atoms with Crippen molar-refractivity contribution < 1.29 is 9.59 Å². The number of benzene rings is 1. The van der Waals surface area contributed by atoms with Crippen molar-refractivity contribution >= 4 is 11.6 Å². The van der Waals surface area contributed by atoms with Crippen LogP contribution in [0.1, 0.15) is 76.3 Å². The van der Waals surface area contributed by atoms with Crippen molar-refractivity contribution in [2.24, 2.45) is 11.8 Å². The summed E-state index contributed by atoms with van der Waals surface area (Å²) < 4.78 is 0. The predicted molar refractivity (Wildman–Crippen MR) is 120 cm³/mol. The van der Waals surface area contributed by atoms with Gasteiger partial charge >= 0.3 is 0 Å². The molecule has 2 aromatic rings. The average Bonchev–Trinajstić information content (AvgIpc) is 2.74. The molecule has 4 heteroatoms. The van der Waals surface area contributed by atoms with Gasteiger partial charge < -0.3 is 0 Å². The van der Waals surface area contributed by atoms with Gasteiger partial charge in [-0.25, -0.2) is 9.97 Å². The largest absolute Gasteiger partial charge is 0.299 e. The minimum absolute atomic E-state index is 0.0548. The van der Waals surface area contributed by atoms with Crippen molar-refractivity contribution in [1.82, 2.24) is 9.97 Å². The van der Waals surface area contributed by atoms with Crippen LogP contribution in [0, 0.1) is 11.8 Å². The average molecular weight is 407 g/mol. The van der Waals surface area contributed by atoms with Crippen LogP contribution in [0.2, 0.25) is 0 Å². The first-order valence-electron chi connectivity index (χ1n) is 11.5. The molecule has 1 aromatic carbocycles. The van der Waals surface area contributed by atoms with Crippen molar-refractivity contribution in [2.45, 2.75) is 78.1 Å². The molecule has 0 spiro atoms. The van der Waals surface area contributed by atoms with Gasteiger partial charge in [0.1, 0.15) is 11.6 Å². The molecule has 2 unspecified atom stereocenters. The van der Waals surface area contributed by atoms with E-state index in [0.29, 0.717) is 31.0 Å². The number of unbranched alkanes of at least 4 members (excludes halogenated alkanes) is 4. The number of rotatable bonds is 10. The predicted octanol–water partition coefficient (Wildman–Crippen LogP) is 5.77. The summed E-state index contributed by atoms with van der Waals surface area (Å²) in [7, 11) is 0. The topological polar surface area (TPSA) is 59.9 Å². The third kappa shape index (κ3) is 6.32. The first kappa shape index (κ1) is 22.3. The molecular weight excluding hydrogens is 372 g/mol. The number of hydrogen-bond acceptors (Lipinski definition) is 4. The third-order valence-electron chi connectivity index (χ3n) is 6.14. The molecule has 0 bridgehead atoms. The quantitative estimate of drug-likeness (QED) is 0.371. The van der Waals surface area contributed by atoms with Gasteiger partial charge in [-0.1, -0.05) is 63.8 Å². The summed E-state index contributed by atoms with van der Waals surface area (Å²) >= 11 is 0. The van der Waals surface area contributed by atoms with Gasteiger partial charge in [0, 0.05) is 30.8 Å². The zero-order chi connectivity index (χ0) is 21.3. The van der Waals surface area contributed by atoms with Crippen molar-refractivity contribution in [1.29, 1.82) is 0 Å². The summed E-state index contributed by atoms with van der Waals surface area (Å²) in [4.78, 5) is 33.8. The van der Waals surface area contributed by atoms with Gasteiger partial charge in [-0.15, -0.1) is 0 Å². The molecule has 4 nitrogen and oxygen atoms in total. The van der Waals surface area contributed by atoms with Crippen LogP contribution in [0.15, 0.2) is 36.7 Å². The number of carbonyl (C=O) groups is 2. The molecule has 30 heavy (non-hydrogen) atoms. The number of aromatic nitrogens is 2. The molecule has 1 saturated carbocycles. The number of hydrogen-bond donors (Lipinski definition) is 0. The maximum Gasteiger partial charge on any atom is 0.159 e. The number of Topliss-reactive ketones (excluding diaryl/α,β-unsaturated/α-hetero) is 2. The highest BCUT2D eigenvalue weighted by Crippen LogP contribution is 2.27. The standard InChI is InChI=1S/C26H34N2O2/c1-3-4-5-6-7-8-21-17-27-26(28-18-21)22-12-10-20(11-13-22)16-25(30)23-14-9-19(2)15-24(23)29/h10-13,17-19,23H,3-9,14-16H2,1-2H3. The maximum absolute atomic E-state index is 12.6. The first-order valence-corrected chi connectivity index (χ1v) is 11.5. The minimum atomic E-state index is -0.404. The Morgan fingerprint density at radius 1 is 0.967 bits per heavy atom. The minimum Gasteiger partial charge on any atom is -0.299 e. The number of nitrogens with zero attached hydrogens (tertiary/aromatic N) is 2. The van der Waals surface area contributed by atoms with Crippen LogP contribution in [-0.2, 0) is 22.4 Å². The Morgan fingerprint density at radius 3 is 2.33 bits per heavy atom. The lowest BCUT2D eigenvalue weighted by Crippen LogP contribution is -2.31. The van der Waals surface area contributed by atoms with Crippen molar-refractivity contribution in [2.75, 3.05) is 0 Å². The molecule has 0 aliphatic heterocycles. The van der Waals surface area contributed by atoms with Crippen LogP contribution in [0.4, 0.5) is 0 Å². The normalized spacial score (nSPS) is 19.1. The molecule has 160 valence electrons. The van der Waals surface area contributed by atoms with Crippen LogP contribution < -0.4 is 0 Å². The lowest BCUT2D eigenvalue weighted by atomic mass is 9.78. The highest BCUT2D eigenvalue weighted by molar-refractivity contribution is 6.03. The van der Waals surface area contributed by atoms with Gasteiger partial charge in [-0.3, -0.25) is 9.59 Å². The lowest BCUT2D eigenvalue weighted by Gasteiger charge is -2.23. The van der Waals surface area contributed by atoms with Gasteiger partial charge in [0.15, 0.2) is 5.82 Å². The van der Waals surface area contributed by atoms with Crippen molar-refractivity contribution in [3.8, 4) is 11.4 Å². The van der Waals surface area contributed by atoms with Crippen LogP contribution in [0.25, 0.3) is 11.4 Å². The number of carbonyl (C=O) groups excluding carboxylic acids is 2. The molecule has 1 aromatic heterocycles. The second-order valence-corrected chi connectivity index (χ2v) is 8.82. The second-order valence-electron chi connectivity index (χ2n) is 8.82. The molecule has 0 radical (unpaired) electrons. The monoisotopic (exact) mass is 406 g/mol. The van der Waals surface area contributed by atoms with E-state index in [1.807, 2.05) is 36.7 Å². The SMILES string of the molecule is CCCCCCCc1cnc(-c2ccc(CC(=O)C3CCC(C)CC3=O)cc2)nc1. The van der Waals surface area contributed by atoms with E-state index in [1.54, 1.807) is 0 Å². The summed E-state index contributed by atoms with van der Waals surface area (Å²) in [6.45, 7) is 4.31.